The van der Waals surface area contributed by atoms with Crippen molar-refractivity contribution >= 4 is 11.8 Å². The van der Waals surface area contributed by atoms with Crippen LogP contribution in [-0.4, -0.2) is 12.1 Å². The second-order valence-corrected chi connectivity index (χ2v) is 7.68. The lowest BCUT2D eigenvalue weighted by molar-refractivity contribution is 0.415. The second-order valence-electron chi connectivity index (χ2n) is 6.72. The Balaban J connectivity index is 1.81. The maximum absolute atomic E-state index is 9.97. The van der Waals surface area contributed by atoms with Crippen LogP contribution in [0.5, 0.6) is 5.75 Å². The summed E-state index contributed by atoms with van der Waals surface area (Å²) in [5.74, 6) is 1.55. The summed E-state index contributed by atoms with van der Waals surface area (Å²) >= 11 is 1.59. The zero-order valence-corrected chi connectivity index (χ0v) is 17.4. The van der Waals surface area contributed by atoms with E-state index in [0.29, 0.717) is 5.56 Å². The van der Waals surface area contributed by atoms with Gasteiger partial charge in [0.25, 0.3) is 0 Å². The molecule has 0 fully saturated rings. The number of benzene rings is 3. The Kier molecular flexibility index (Phi) is 6.12. The lowest BCUT2D eigenvalue weighted by atomic mass is 9.99. The molecule has 146 valence electrons. The highest BCUT2D eigenvalue weighted by atomic mass is 32.2. The van der Waals surface area contributed by atoms with Crippen molar-refractivity contribution in [2.75, 3.05) is 7.11 Å². The van der Waals surface area contributed by atoms with Gasteiger partial charge in [-0.15, -0.1) is 11.8 Å². The summed E-state index contributed by atoms with van der Waals surface area (Å²) < 4.78 is 5.28. The number of nitrogens with zero attached hydrogens (tertiary/aromatic N) is 2. The zero-order chi connectivity index (χ0) is 20.8. The van der Waals surface area contributed by atoms with Crippen LogP contribution in [0.2, 0.25) is 0 Å². The average molecular weight is 409 g/mol. The molecule has 0 radical (unpaired) electrons. The van der Waals surface area contributed by atoms with E-state index in [2.05, 4.69) is 18.2 Å². The third kappa shape index (κ3) is 4.37. The first-order valence-electron chi connectivity index (χ1n) is 9.60. The maximum Gasteiger partial charge on any atom is 0.118 e. The molecule has 1 aromatic heterocycles. The quantitative estimate of drug-likeness (QED) is 0.338. The van der Waals surface area contributed by atoms with E-state index in [1.165, 1.54) is 5.56 Å². The van der Waals surface area contributed by atoms with Gasteiger partial charge in [0.15, 0.2) is 0 Å². The maximum atomic E-state index is 9.97. The summed E-state index contributed by atoms with van der Waals surface area (Å²) in [5, 5.41) is 10.7. The number of aromatic nitrogens is 1. The molecule has 0 atom stereocenters. The van der Waals surface area contributed by atoms with Gasteiger partial charge in [0.1, 0.15) is 16.8 Å². The molecule has 0 aliphatic heterocycles. The van der Waals surface area contributed by atoms with Crippen LogP contribution in [0.3, 0.4) is 0 Å². The molecule has 3 nitrogen and oxygen atoms in total. The molecule has 0 spiro atoms. The minimum atomic E-state index is 0.611. The highest BCUT2D eigenvalue weighted by molar-refractivity contribution is 7.98. The van der Waals surface area contributed by atoms with Crippen LogP contribution in [0.25, 0.3) is 22.4 Å². The molecule has 4 aromatic rings. The predicted molar refractivity (Wildman–Crippen MR) is 122 cm³/mol. The van der Waals surface area contributed by atoms with Crippen molar-refractivity contribution in [1.29, 1.82) is 5.26 Å². The van der Waals surface area contributed by atoms with Gasteiger partial charge in [0.05, 0.1) is 18.4 Å². The van der Waals surface area contributed by atoms with Crippen molar-refractivity contribution in [3.05, 3.63) is 102 Å². The van der Waals surface area contributed by atoms with Gasteiger partial charge in [-0.1, -0.05) is 60.7 Å². The summed E-state index contributed by atoms with van der Waals surface area (Å²) in [6.45, 7) is 0. The number of nitriles is 1. The van der Waals surface area contributed by atoms with Crippen molar-refractivity contribution in [3.63, 3.8) is 0 Å². The van der Waals surface area contributed by atoms with Crippen LogP contribution < -0.4 is 4.74 Å². The van der Waals surface area contributed by atoms with Gasteiger partial charge in [0.2, 0.25) is 0 Å². The highest BCUT2D eigenvalue weighted by Gasteiger charge is 2.16. The SMILES string of the molecule is COc1ccc(-c2cc(-c3ccccc3)c(C#N)c(SCc3ccccc3)n2)cc1. The van der Waals surface area contributed by atoms with E-state index in [1.54, 1.807) is 18.9 Å². The van der Waals surface area contributed by atoms with Crippen molar-refractivity contribution in [2.45, 2.75) is 10.8 Å². The van der Waals surface area contributed by atoms with E-state index < -0.39 is 0 Å². The smallest absolute Gasteiger partial charge is 0.118 e. The number of methoxy groups -OCH3 is 1. The van der Waals surface area contributed by atoms with Crippen LogP contribution in [0, 0.1) is 11.3 Å². The lowest BCUT2D eigenvalue weighted by Gasteiger charge is -2.13. The van der Waals surface area contributed by atoms with E-state index in [9.17, 15) is 5.26 Å². The van der Waals surface area contributed by atoms with Crippen LogP contribution >= 0.6 is 11.8 Å². The number of hydrogen-bond acceptors (Lipinski definition) is 4. The molecule has 4 heteroatoms. The minimum absolute atomic E-state index is 0.611. The molecule has 0 aliphatic carbocycles. The third-order valence-corrected chi connectivity index (χ3v) is 5.83. The summed E-state index contributed by atoms with van der Waals surface area (Å²) in [5.41, 5.74) is 5.54. The molecule has 0 N–H and O–H groups in total. The third-order valence-electron chi connectivity index (χ3n) is 4.79. The van der Waals surface area contributed by atoms with E-state index in [-0.39, 0.29) is 0 Å². The molecule has 1 heterocycles. The van der Waals surface area contributed by atoms with Crippen LogP contribution in [0.15, 0.2) is 96.0 Å². The first kappa shape index (κ1) is 19.8. The summed E-state index contributed by atoms with van der Waals surface area (Å²) in [7, 11) is 1.65. The fourth-order valence-electron chi connectivity index (χ4n) is 3.22. The molecule has 0 unspecified atom stereocenters. The number of pyridine rings is 1. The largest absolute Gasteiger partial charge is 0.497 e. The Bertz CT molecular complexity index is 1170. The molecule has 0 amide bonds. The Morgan fingerprint density at radius 2 is 1.53 bits per heavy atom. The standard InChI is InChI=1S/C26H20N2OS/c1-29-22-14-12-21(13-15-22)25-16-23(20-10-6-3-7-11-20)24(17-27)26(28-25)30-18-19-8-4-2-5-9-19/h2-16H,18H2,1H3. The van der Waals surface area contributed by atoms with E-state index in [1.807, 2.05) is 78.9 Å². The fraction of sp³-hybridized carbons (Fsp3) is 0.0769. The Hall–Kier alpha value is -3.55. The number of hydrogen-bond donors (Lipinski definition) is 0. The topological polar surface area (TPSA) is 45.9 Å². The number of thioether (sulfide) groups is 1. The minimum Gasteiger partial charge on any atom is -0.497 e. The molecular weight excluding hydrogens is 388 g/mol. The molecule has 0 aliphatic rings. The van der Waals surface area contributed by atoms with Gasteiger partial charge in [-0.25, -0.2) is 4.98 Å². The second kappa shape index (κ2) is 9.30. The molecule has 0 saturated heterocycles. The normalized spacial score (nSPS) is 10.4. The van der Waals surface area contributed by atoms with Gasteiger partial charge in [-0.2, -0.15) is 5.26 Å². The van der Waals surface area contributed by atoms with Gasteiger partial charge < -0.3 is 4.74 Å². The summed E-state index contributed by atoms with van der Waals surface area (Å²) in [6, 6.07) is 32.5. The summed E-state index contributed by atoms with van der Waals surface area (Å²) in [4.78, 5) is 4.87. The van der Waals surface area contributed by atoms with Gasteiger partial charge in [-0.05, 0) is 41.5 Å². The predicted octanol–water partition coefficient (Wildman–Crippen LogP) is 6.59. The van der Waals surface area contributed by atoms with E-state index in [0.717, 1.165) is 38.9 Å². The Labute approximate surface area is 181 Å². The van der Waals surface area contributed by atoms with Gasteiger partial charge >= 0.3 is 0 Å². The van der Waals surface area contributed by atoms with E-state index in [4.69, 9.17) is 9.72 Å². The van der Waals surface area contributed by atoms with Gasteiger partial charge in [-0.3, -0.25) is 0 Å². The molecule has 4 rings (SSSR count). The molecule has 30 heavy (non-hydrogen) atoms. The van der Waals surface area contributed by atoms with Crippen molar-refractivity contribution in [3.8, 4) is 34.2 Å². The molecule has 0 bridgehead atoms. The van der Waals surface area contributed by atoms with Crippen molar-refractivity contribution in [1.82, 2.24) is 4.98 Å². The molecule has 3 aromatic carbocycles. The molecule has 0 saturated carbocycles. The highest BCUT2D eigenvalue weighted by Crippen LogP contribution is 2.35. The average Bonchev–Trinajstić information content (AvgIpc) is 2.83. The van der Waals surface area contributed by atoms with Crippen molar-refractivity contribution in [2.24, 2.45) is 0 Å². The first-order valence-corrected chi connectivity index (χ1v) is 10.6. The zero-order valence-electron chi connectivity index (χ0n) is 16.6. The monoisotopic (exact) mass is 408 g/mol. The van der Waals surface area contributed by atoms with Crippen LogP contribution in [-0.2, 0) is 5.75 Å². The van der Waals surface area contributed by atoms with E-state index >= 15 is 0 Å². The van der Waals surface area contributed by atoms with Crippen LogP contribution in [0.4, 0.5) is 0 Å². The van der Waals surface area contributed by atoms with Crippen LogP contribution in [0.1, 0.15) is 11.1 Å². The number of rotatable bonds is 6. The first-order chi connectivity index (χ1) is 14.8. The van der Waals surface area contributed by atoms with Gasteiger partial charge in [0, 0.05) is 16.9 Å². The molecular formula is C26H20N2OS. The fourth-order valence-corrected chi connectivity index (χ4v) is 4.17. The summed E-state index contributed by atoms with van der Waals surface area (Å²) in [6.07, 6.45) is 0. The Morgan fingerprint density at radius 3 is 2.17 bits per heavy atom. The number of ether oxygens (including phenoxy) is 1. The lowest BCUT2D eigenvalue weighted by Crippen LogP contribution is -1.96. The van der Waals surface area contributed by atoms with Crippen molar-refractivity contribution < 1.29 is 4.74 Å². The Morgan fingerprint density at radius 1 is 0.867 bits per heavy atom.